The van der Waals surface area contributed by atoms with Gasteiger partial charge >= 0.3 is 0 Å². The molecule has 0 aromatic carbocycles. The summed E-state index contributed by atoms with van der Waals surface area (Å²) < 4.78 is 2.20. The molecule has 0 aliphatic carbocycles. The van der Waals surface area contributed by atoms with Crippen LogP contribution in [0.3, 0.4) is 0 Å². The van der Waals surface area contributed by atoms with E-state index in [1.54, 1.807) is 0 Å². The van der Waals surface area contributed by atoms with Gasteiger partial charge in [0.15, 0.2) is 0 Å². The van der Waals surface area contributed by atoms with Crippen molar-refractivity contribution in [1.29, 1.82) is 0 Å². The summed E-state index contributed by atoms with van der Waals surface area (Å²) in [5.41, 5.74) is 3.11. The normalized spacial score (nSPS) is 23.7. The van der Waals surface area contributed by atoms with E-state index in [4.69, 9.17) is 0 Å². The highest BCUT2D eigenvalue weighted by atomic mass is 16.2. The molecule has 1 aliphatic rings. The third-order valence-corrected chi connectivity index (χ3v) is 4.42. The molecule has 1 N–H and O–H groups in total. The Labute approximate surface area is 115 Å². The van der Waals surface area contributed by atoms with Crippen molar-refractivity contribution in [1.82, 2.24) is 14.8 Å². The predicted molar refractivity (Wildman–Crippen MR) is 77.5 cm³/mol. The van der Waals surface area contributed by atoms with Crippen molar-refractivity contribution in [2.24, 2.45) is 0 Å². The number of hydrogen-bond acceptors (Lipinski definition) is 2. The van der Waals surface area contributed by atoms with Crippen LogP contribution in [0.5, 0.6) is 0 Å². The van der Waals surface area contributed by atoms with E-state index in [0.717, 1.165) is 30.9 Å². The number of nitrogens with zero attached hydrogens (tertiary/aromatic N) is 2. The second kappa shape index (κ2) is 5.37. The van der Waals surface area contributed by atoms with Crippen molar-refractivity contribution < 1.29 is 4.79 Å². The Hall–Kier alpha value is -1.29. The topological polar surface area (TPSA) is 37.3 Å². The number of rotatable bonds is 2. The van der Waals surface area contributed by atoms with E-state index in [2.05, 4.69) is 37.6 Å². The first-order valence-electron chi connectivity index (χ1n) is 7.18. The van der Waals surface area contributed by atoms with Gasteiger partial charge in [0, 0.05) is 43.1 Å². The van der Waals surface area contributed by atoms with Crippen LogP contribution in [0.1, 0.15) is 42.5 Å². The maximum absolute atomic E-state index is 12.7. The zero-order chi connectivity index (χ0) is 14.2. The molecule has 0 bridgehead atoms. The summed E-state index contributed by atoms with van der Waals surface area (Å²) in [6, 6.07) is 2.62. The van der Waals surface area contributed by atoms with Crippen LogP contribution in [0.15, 0.2) is 6.07 Å². The fourth-order valence-corrected chi connectivity index (χ4v) is 3.00. The van der Waals surface area contributed by atoms with Crippen LogP contribution >= 0.6 is 0 Å². The fourth-order valence-electron chi connectivity index (χ4n) is 3.00. The number of carbonyl (C=O) groups excluding carboxylic acids is 1. The Bertz CT molecular complexity index is 478. The number of aromatic nitrogens is 1. The summed E-state index contributed by atoms with van der Waals surface area (Å²) in [6.07, 6.45) is 0. The van der Waals surface area contributed by atoms with Gasteiger partial charge in [0.05, 0.1) is 5.56 Å². The van der Waals surface area contributed by atoms with Crippen LogP contribution in [-0.4, -0.2) is 40.5 Å². The zero-order valence-electron chi connectivity index (χ0n) is 12.7. The number of aryl methyl sites for hydroxylation is 1. The number of carbonyl (C=O) groups is 1. The molecule has 0 saturated carbocycles. The molecule has 2 atom stereocenters. The number of nitrogens with one attached hydrogen (secondary N) is 1. The maximum Gasteiger partial charge on any atom is 0.256 e. The molecule has 106 valence electrons. The molecular weight excluding hydrogens is 238 g/mol. The Morgan fingerprint density at radius 3 is 2.68 bits per heavy atom. The van der Waals surface area contributed by atoms with E-state index >= 15 is 0 Å². The van der Waals surface area contributed by atoms with Gasteiger partial charge in [-0.05, 0) is 40.7 Å². The molecule has 1 saturated heterocycles. The van der Waals surface area contributed by atoms with Crippen molar-refractivity contribution in [2.45, 2.75) is 53.2 Å². The molecule has 2 rings (SSSR count). The second-order valence-electron chi connectivity index (χ2n) is 5.51. The molecular formula is C15H25N3O. The highest BCUT2D eigenvalue weighted by Gasteiger charge is 2.30. The first kappa shape index (κ1) is 14.1. The lowest BCUT2D eigenvalue weighted by atomic mass is 10.1. The third kappa shape index (κ3) is 2.41. The fraction of sp³-hybridized carbons (Fsp3) is 0.667. The average Bonchev–Trinajstić information content (AvgIpc) is 2.67. The van der Waals surface area contributed by atoms with Crippen molar-refractivity contribution in [3.05, 3.63) is 23.0 Å². The highest BCUT2D eigenvalue weighted by molar-refractivity contribution is 5.96. The van der Waals surface area contributed by atoms with Crippen LogP contribution in [0.2, 0.25) is 0 Å². The van der Waals surface area contributed by atoms with Crippen LogP contribution in [0, 0.1) is 13.8 Å². The minimum Gasteiger partial charge on any atom is -0.349 e. The van der Waals surface area contributed by atoms with Gasteiger partial charge < -0.3 is 14.8 Å². The Balaban J connectivity index is 2.29. The van der Waals surface area contributed by atoms with Crippen LogP contribution in [0.25, 0.3) is 0 Å². The lowest BCUT2D eigenvalue weighted by molar-refractivity contribution is 0.0602. The van der Waals surface area contributed by atoms with E-state index in [1.807, 2.05) is 17.9 Å². The molecule has 2 unspecified atom stereocenters. The van der Waals surface area contributed by atoms with Gasteiger partial charge in [0.2, 0.25) is 0 Å². The standard InChI is InChI=1S/C15H25N3O/c1-6-17-10(2)9-14(13(17)5)15(19)18-8-7-16-11(3)12(18)4/h9,11-12,16H,6-8H2,1-5H3. The molecule has 1 aliphatic heterocycles. The summed E-state index contributed by atoms with van der Waals surface area (Å²) in [5.74, 6) is 0.175. The first-order chi connectivity index (χ1) is 8.97. The quantitative estimate of drug-likeness (QED) is 0.885. The molecule has 2 heterocycles. The number of piperazine rings is 1. The third-order valence-electron chi connectivity index (χ3n) is 4.42. The minimum atomic E-state index is 0.175. The average molecular weight is 263 g/mol. The maximum atomic E-state index is 12.7. The summed E-state index contributed by atoms with van der Waals surface area (Å²) in [4.78, 5) is 14.7. The highest BCUT2D eigenvalue weighted by Crippen LogP contribution is 2.20. The van der Waals surface area contributed by atoms with E-state index < -0.39 is 0 Å². The van der Waals surface area contributed by atoms with Crippen molar-refractivity contribution in [2.75, 3.05) is 13.1 Å². The first-order valence-corrected chi connectivity index (χ1v) is 7.18. The summed E-state index contributed by atoms with van der Waals surface area (Å²) >= 11 is 0. The zero-order valence-corrected chi connectivity index (χ0v) is 12.7. The van der Waals surface area contributed by atoms with E-state index in [9.17, 15) is 4.79 Å². The van der Waals surface area contributed by atoms with E-state index in [1.165, 1.54) is 5.69 Å². The number of amides is 1. The van der Waals surface area contributed by atoms with Gasteiger partial charge in [-0.3, -0.25) is 4.79 Å². The molecule has 4 heteroatoms. The smallest absolute Gasteiger partial charge is 0.256 e. The molecule has 1 aromatic rings. The lowest BCUT2D eigenvalue weighted by Crippen LogP contribution is -2.57. The Morgan fingerprint density at radius 1 is 1.42 bits per heavy atom. The molecule has 0 spiro atoms. The molecule has 1 aromatic heterocycles. The van der Waals surface area contributed by atoms with Gasteiger partial charge in [0.25, 0.3) is 5.91 Å². The Morgan fingerprint density at radius 2 is 2.11 bits per heavy atom. The van der Waals surface area contributed by atoms with Crippen LogP contribution in [0.4, 0.5) is 0 Å². The molecule has 4 nitrogen and oxygen atoms in total. The molecule has 19 heavy (non-hydrogen) atoms. The monoisotopic (exact) mass is 263 g/mol. The summed E-state index contributed by atoms with van der Waals surface area (Å²) in [7, 11) is 0. The van der Waals surface area contributed by atoms with Gasteiger partial charge in [-0.1, -0.05) is 0 Å². The van der Waals surface area contributed by atoms with Crippen LogP contribution in [-0.2, 0) is 6.54 Å². The van der Waals surface area contributed by atoms with Crippen molar-refractivity contribution in [3.63, 3.8) is 0 Å². The van der Waals surface area contributed by atoms with Gasteiger partial charge in [0.1, 0.15) is 0 Å². The van der Waals surface area contributed by atoms with Crippen LogP contribution < -0.4 is 5.32 Å². The van der Waals surface area contributed by atoms with Gasteiger partial charge in [-0.2, -0.15) is 0 Å². The molecule has 1 fully saturated rings. The SMILES string of the molecule is CCn1c(C)cc(C(=O)N2CCNC(C)C2C)c1C. The second-order valence-corrected chi connectivity index (χ2v) is 5.51. The van der Waals surface area contributed by atoms with E-state index in [-0.39, 0.29) is 11.9 Å². The summed E-state index contributed by atoms with van der Waals surface area (Å²) in [5, 5.41) is 3.41. The largest absolute Gasteiger partial charge is 0.349 e. The van der Waals surface area contributed by atoms with Gasteiger partial charge in [-0.15, -0.1) is 0 Å². The summed E-state index contributed by atoms with van der Waals surface area (Å²) in [6.45, 7) is 13.1. The molecule has 0 radical (unpaired) electrons. The Kier molecular flexibility index (Phi) is 3.99. The number of hydrogen-bond donors (Lipinski definition) is 1. The van der Waals surface area contributed by atoms with Gasteiger partial charge in [-0.25, -0.2) is 0 Å². The minimum absolute atomic E-state index is 0.175. The lowest BCUT2D eigenvalue weighted by Gasteiger charge is -2.38. The van der Waals surface area contributed by atoms with Crippen molar-refractivity contribution >= 4 is 5.91 Å². The van der Waals surface area contributed by atoms with Crippen molar-refractivity contribution in [3.8, 4) is 0 Å². The predicted octanol–water partition coefficient (Wildman–Crippen LogP) is 1.95. The van der Waals surface area contributed by atoms with E-state index in [0.29, 0.717) is 6.04 Å². The molecule has 1 amide bonds.